The van der Waals surface area contributed by atoms with Crippen LogP contribution in [0.25, 0.3) is 0 Å². The van der Waals surface area contributed by atoms with Gasteiger partial charge in [0.1, 0.15) is 0 Å². The molecule has 0 amide bonds. The summed E-state index contributed by atoms with van der Waals surface area (Å²) in [6, 6.07) is 0. The van der Waals surface area contributed by atoms with E-state index < -0.39 is 11.6 Å². The largest absolute Gasteiger partial charge is 0.467 e. The molecule has 0 spiro atoms. The molecule has 0 aromatic rings. The molecule has 0 atom stereocenters. The third-order valence-corrected chi connectivity index (χ3v) is 1.89. The van der Waals surface area contributed by atoms with Crippen molar-refractivity contribution in [2.24, 2.45) is 0 Å². The van der Waals surface area contributed by atoms with Gasteiger partial charge < -0.3 is 9.84 Å². The standard InChI is InChI=1S/C5H8Cl2O3/c1-10-4(8)5(9,2-6)3-7/h9H,2-3H2,1H3. The normalized spacial score (nSPS) is 11.2. The fourth-order valence-corrected chi connectivity index (χ4v) is 0.839. The molecule has 0 aliphatic rings. The first kappa shape index (κ1) is 10.0. The minimum Gasteiger partial charge on any atom is -0.467 e. The summed E-state index contributed by atoms with van der Waals surface area (Å²) in [5.41, 5.74) is -1.74. The quantitative estimate of drug-likeness (QED) is 0.512. The Labute approximate surface area is 68.9 Å². The number of hydrogen-bond donors (Lipinski definition) is 1. The highest BCUT2D eigenvalue weighted by atomic mass is 35.5. The van der Waals surface area contributed by atoms with Gasteiger partial charge in [-0.25, -0.2) is 4.79 Å². The Morgan fingerprint density at radius 2 is 2.00 bits per heavy atom. The molecule has 0 saturated heterocycles. The molecule has 3 nitrogen and oxygen atoms in total. The van der Waals surface area contributed by atoms with Gasteiger partial charge in [-0.05, 0) is 0 Å². The van der Waals surface area contributed by atoms with Crippen LogP contribution in [0.15, 0.2) is 0 Å². The highest BCUT2D eigenvalue weighted by molar-refractivity contribution is 6.24. The first-order chi connectivity index (χ1) is 4.60. The van der Waals surface area contributed by atoms with Gasteiger partial charge in [0.2, 0.25) is 0 Å². The van der Waals surface area contributed by atoms with Crippen molar-refractivity contribution in [3.05, 3.63) is 0 Å². The van der Waals surface area contributed by atoms with Crippen molar-refractivity contribution < 1.29 is 14.6 Å². The van der Waals surface area contributed by atoms with Crippen LogP contribution >= 0.6 is 23.2 Å². The van der Waals surface area contributed by atoms with Gasteiger partial charge in [-0.1, -0.05) is 0 Å². The highest BCUT2D eigenvalue weighted by Gasteiger charge is 2.35. The highest BCUT2D eigenvalue weighted by Crippen LogP contribution is 2.11. The summed E-state index contributed by atoms with van der Waals surface area (Å²) in [6.07, 6.45) is 0. The Bertz CT molecular complexity index is 122. The Hall–Kier alpha value is 0.01000. The van der Waals surface area contributed by atoms with Gasteiger partial charge in [-0.2, -0.15) is 0 Å². The number of carbonyl (C=O) groups is 1. The number of halogens is 2. The molecule has 0 radical (unpaired) electrons. The number of hydrogen-bond acceptors (Lipinski definition) is 3. The molecule has 0 aromatic heterocycles. The van der Waals surface area contributed by atoms with Crippen molar-refractivity contribution in [2.45, 2.75) is 5.60 Å². The smallest absolute Gasteiger partial charge is 0.340 e. The topological polar surface area (TPSA) is 46.5 Å². The molecule has 60 valence electrons. The Morgan fingerprint density at radius 1 is 1.60 bits per heavy atom. The van der Waals surface area contributed by atoms with E-state index in [0.717, 1.165) is 7.11 Å². The summed E-state index contributed by atoms with van der Waals surface area (Å²) in [4.78, 5) is 10.7. The molecule has 1 N–H and O–H groups in total. The fourth-order valence-electron chi connectivity index (χ4n) is 0.335. The second-order valence-electron chi connectivity index (χ2n) is 1.79. The zero-order valence-electron chi connectivity index (χ0n) is 5.43. The molecule has 0 aromatic carbocycles. The maximum absolute atomic E-state index is 10.7. The molecule has 0 aliphatic heterocycles. The SMILES string of the molecule is COC(=O)C(O)(CCl)CCl. The number of esters is 1. The van der Waals surface area contributed by atoms with Crippen molar-refractivity contribution >= 4 is 29.2 Å². The molecule has 10 heavy (non-hydrogen) atoms. The van der Waals surface area contributed by atoms with Crippen LogP contribution in [-0.2, 0) is 9.53 Å². The van der Waals surface area contributed by atoms with E-state index in [1.165, 1.54) is 0 Å². The van der Waals surface area contributed by atoms with Crippen molar-refractivity contribution in [3.63, 3.8) is 0 Å². The van der Waals surface area contributed by atoms with Crippen molar-refractivity contribution in [3.8, 4) is 0 Å². The lowest BCUT2D eigenvalue weighted by Gasteiger charge is -2.18. The zero-order valence-corrected chi connectivity index (χ0v) is 6.95. The van der Waals surface area contributed by atoms with Gasteiger partial charge in [0.15, 0.2) is 5.60 Å². The maximum atomic E-state index is 10.7. The zero-order chi connectivity index (χ0) is 8.20. The number of aliphatic hydroxyl groups is 1. The maximum Gasteiger partial charge on any atom is 0.340 e. The van der Waals surface area contributed by atoms with Gasteiger partial charge >= 0.3 is 5.97 Å². The predicted octanol–water partition coefficient (Wildman–Crippen LogP) is 0.368. The first-order valence-electron chi connectivity index (χ1n) is 2.53. The van der Waals surface area contributed by atoms with Crippen LogP contribution in [0.1, 0.15) is 0 Å². The Balaban J connectivity index is 4.17. The van der Waals surface area contributed by atoms with Crippen LogP contribution < -0.4 is 0 Å². The molecule has 0 heterocycles. The van der Waals surface area contributed by atoms with Crippen molar-refractivity contribution in [1.29, 1.82) is 0 Å². The van der Waals surface area contributed by atoms with Crippen LogP contribution in [0.3, 0.4) is 0 Å². The summed E-state index contributed by atoms with van der Waals surface area (Å²) >= 11 is 10.5. The number of methoxy groups -OCH3 is 1. The average molecular weight is 187 g/mol. The predicted molar refractivity (Wildman–Crippen MR) is 38.4 cm³/mol. The second-order valence-corrected chi connectivity index (χ2v) is 2.32. The molecule has 0 aliphatic carbocycles. The number of rotatable bonds is 3. The fraction of sp³-hybridized carbons (Fsp3) is 0.800. The molecule has 0 unspecified atom stereocenters. The lowest BCUT2D eigenvalue weighted by molar-refractivity contribution is -0.157. The van der Waals surface area contributed by atoms with Crippen molar-refractivity contribution in [1.82, 2.24) is 0 Å². The molecule has 5 heteroatoms. The van der Waals surface area contributed by atoms with Crippen LogP contribution in [0.4, 0.5) is 0 Å². The molecular weight excluding hydrogens is 179 g/mol. The van der Waals surface area contributed by atoms with E-state index in [-0.39, 0.29) is 11.8 Å². The first-order valence-corrected chi connectivity index (χ1v) is 3.60. The van der Waals surface area contributed by atoms with E-state index in [9.17, 15) is 4.79 Å². The van der Waals surface area contributed by atoms with Gasteiger partial charge in [-0.3, -0.25) is 0 Å². The van der Waals surface area contributed by atoms with Gasteiger partial charge in [0, 0.05) is 0 Å². The lowest BCUT2D eigenvalue weighted by Crippen LogP contribution is -2.43. The van der Waals surface area contributed by atoms with E-state index in [0.29, 0.717) is 0 Å². The number of alkyl halides is 2. The van der Waals surface area contributed by atoms with Crippen LogP contribution in [-0.4, -0.2) is 35.5 Å². The Kier molecular flexibility index (Phi) is 4.01. The lowest BCUT2D eigenvalue weighted by atomic mass is 10.1. The molecule has 0 rings (SSSR count). The average Bonchev–Trinajstić information content (AvgIpc) is 2.01. The van der Waals surface area contributed by atoms with Crippen molar-refractivity contribution in [2.75, 3.05) is 18.9 Å². The monoisotopic (exact) mass is 186 g/mol. The van der Waals surface area contributed by atoms with Crippen LogP contribution in [0.2, 0.25) is 0 Å². The van der Waals surface area contributed by atoms with Crippen LogP contribution in [0.5, 0.6) is 0 Å². The van der Waals surface area contributed by atoms with E-state index in [4.69, 9.17) is 28.3 Å². The third-order valence-electron chi connectivity index (χ3n) is 1.01. The van der Waals surface area contributed by atoms with Gasteiger partial charge in [0.25, 0.3) is 0 Å². The van der Waals surface area contributed by atoms with E-state index in [1.807, 2.05) is 0 Å². The van der Waals surface area contributed by atoms with Gasteiger partial charge in [0.05, 0.1) is 18.9 Å². The molecule has 0 fully saturated rings. The molecule has 0 saturated carbocycles. The van der Waals surface area contributed by atoms with E-state index in [2.05, 4.69) is 4.74 Å². The van der Waals surface area contributed by atoms with E-state index >= 15 is 0 Å². The summed E-state index contributed by atoms with van der Waals surface area (Å²) in [5.74, 6) is -1.33. The summed E-state index contributed by atoms with van der Waals surface area (Å²) in [5, 5.41) is 9.16. The summed E-state index contributed by atoms with van der Waals surface area (Å²) in [7, 11) is 1.16. The minimum atomic E-state index is -1.74. The van der Waals surface area contributed by atoms with Crippen LogP contribution in [0, 0.1) is 0 Å². The minimum absolute atomic E-state index is 0.261. The molecule has 0 bridgehead atoms. The third kappa shape index (κ3) is 2.01. The molecular formula is C5H8Cl2O3. The van der Waals surface area contributed by atoms with E-state index in [1.54, 1.807) is 0 Å². The number of ether oxygens (including phenoxy) is 1. The second kappa shape index (κ2) is 4.01. The Morgan fingerprint density at radius 3 is 2.10 bits per heavy atom. The van der Waals surface area contributed by atoms with Gasteiger partial charge in [-0.15, -0.1) is 23.2 Å². The number of carbonyl (C=O) groups excluding carboxylic acids is 1. The summed E-state index contributed by atoms with van der Waals surface area (Å²) in [6.45, 7) is 0. The summed E-state index contributed by atoms with van der Waals surface area (Å²) < 4.78 is 4.24.